The summed E-state index contributed by atoms with van der Waals surface area (Å²) in [7, 11) is 0. The van der Waals surface area contributed by atoms with Crippen molar-refractivity contribution in [2.24, 2.45) is 4.99 Å². The molecule has 0 bridgehead atoms. The molecule has 66 valence electrons. The maximum absolute atomic E-state index is 3.85. The molecule has 0 N–H and O–H groups in total. The van der Waals surface area contributed by atoms with Gasteiger partial charge in [0, 0.05) is 4.88 Å². The lowest BCUT2D eigenvalue weighted by Gasteiger charge is -1.84. The molecule has 0 fully saturated rings. The molecule has 2 heteroatoms. The van der Waals surface area contributed by atoms with Crippen LogP contribution in [0.5, 0.6) is 0 Å². The Morgan fingerprint density at radius 3 is 2.42 bits per heavy atom. The van der Waals surface area contributed by atoms with Crippen molar-refractivity contribution in [2.75, 3.05) is 0 Å². The van der Waals surface area contributed by atoms with E-state index in [4.69, 9.17) is 0 Å². The molecule has 1 heterocycles. The molecule has 0 unspecified atom stereocenters. The summed E-state index contributed by atoms with van der Waals surface area (Å²) in [5.41, 5.74) is 0.942. The maximum Gasteiger partial charge on any atom is 0.0804 e. The molecule has 0 aromatic carbocycles. The van der Waals surface area contributed by atoms with E-state index in [0.29, 0.717) is 0 Å². The topological polar surface area (TPSA) is 12.4 Å². The van der Waals surface area contributed by atoms with E-state index in [2.05, 4.69) is 18.3 Å². The number of hydrogen-bond acceptors (Lipinski definition) is 2. The third-order valence-electron chi connectivity index (χ3n) is 1.22. The Hall–Kier alpha value is -0.890. The van der Waals surface area contributed by atoms with Crippen molar-refractivity contribution in [3.8, 4) is 0 Å². The van der Waals surface area contributed by atoms with Gasteiger partial charge in [-0.2, -0.15) is 0 Å². The molecule has 0 amide bonds. The lowest BCUT2D eigenvalue weighted by Crippen LogP contribution is -1.56. The molecule has 0 atom stereocenters. The Morgan fingerprint density at radius 2 is 2.08 bits per heavy atom. The Balaban J connectivity index is 0.000000561. The molecule has 0 saturated heterocycles. The average molecular weight is 181 g/mol. The number of rotatable bonds is 2. The number of aliphatic imine (C=N–C) groups is 1. The van der Waals surface area contributed by atoms with Crippen molar-refractivity contribution >= 4 is 29.8 Å². The number of nitrogens with zero attached hydrogens (tertiary/aromatic N) is 1. The first-order chi connectivity index (χ1) is 5.77. The first-order valence-electron chi connectivity index (χ1n) is 3.97. The second-order valence-electron chi connectivity index (χ2n) is 1.97. The Bertz CT molecular complexity index is 235. The van der Waals surface area contributed by atoms with Crippen LogP contribution in [0.3, 0.4) is 0 Å². The van der Waals surface area contributed by atoms with Crippen molar-refractivity contribution < 1.29 is 0 Å². The van der Waals surface area contributed by atoms with Crippen molar-refractivity contribution in [1.29, 1.82) is 0 Å². The van der Waals surface area contributed by atoms with Crippen LogP contribution in [0.15, 0.2) is 17.6 Å². The summed E-state index contributed by atoms with van der Waals surface area (Å²) in [4.78, 5) is 6.20. The van der Waals surface area contributed by atoms with Crippen molar-refractivity contribution in [3.05, 3.63) is 22.4 Å². The van der Waals surface area contributed by atoms with E-state index in [1.165, 1.54) is 4.88 Å². The van der Waals surface area contributed by atoms with Crippen LogP contribution in [-0.4, -0.2) is 6.72 Å². The SMILES string of the molecule is C=Cc1sc(C)cc1N=C.CC. The lowest BCUT2D eigenvalue weighted by molar-refractivity contribution is 1.50. The zero-order valence-corrected chi connectivity index (χ0v) is 8.74. The van der Waals surface area contributed by atoms with Crippen LogP contribution in [0.1, 0.15) is 23.6 Å². The smallest absolute Gasteiger partial charge is 0.0804 e. The van der Waals surface area contributed by atoms with Crippen molar-refractivity contribution in [2.45, 2.75) is 20.8 Å². The summed E-state index contributed by atoms with van der Waals surface area (Å²) in [6.07, 6.45) is 1.81. The minimum atomic E-state index is 0.942. The van der Waals surface area contributed by atoms with E-state index in [1.807, 2.05) is 32.9 Å². The largest absolute Gasteiger partial charge is 0.263 e. The fraction of sp³-hybridized carbons (Fsp3) is 0.300. The molecular weight excluding hydrogens is 166 g/mol. The minimum absolute atomic E-state index is 0.942. The predicted octanol–water partition coefficient (Wildman–Crippen LogP) is 4.06. The Morgan fingerprint density at radius 1 is 1.50 bits per heavy atom. The van der Waals surface area contributed by atoms with Gasteiger partial charge in [0.1, 0.15) is 0 Å². The molecule has 0 radical (unpaired) electrons. The highest BCUT2D eigenvalue weighted by Gasteiger charge is 1.99. The minimum Gasteiger partial charge on any atom is -0.263 e. The van der Waals surface area contributed by atoms with Crippen LogP contribution in [0.4, 0.5) is 5.69 Å². The van der Waals surface area contributed by atoms with Crippen LogP contribution >= 0.6 is 11.3 Å². The number of thiophene rings is 1. The number of aryl methyl sites for hydroxylation is 1. The summed E-state index contributed by atoms with van der Waals surface area (Å²) in [5, 5.41) is 0. The average Bonchev–Trinajstić information content (AvgIpc) is 2.49. The molecule has 0 saturated carbocycles. The molecule has 1 nitrogen and oxygen atoms in total. The van der Waals surface area contributed by atoms with Gasteiger partial charge in [-0.25, -0.2) is 0 Å². The van der Waals surface area contributed by atoms with Crippen LogP contribution in [0.2, 0.25) is 0 Å². The van der Waals surface area contributed by atoms with Gasteiger partial charge in [0.2, 0.25) is 0 Å². The second kappa shape index (κ2) is 5.72. The molecule has 0 aliphatic heterocycles. The number of hydrogen-bond donors (Lipinski definition) is 0. The Kier molecular flexibility index (Phi) is 5.30. The maximum atomic E-state index is 3.85. The Labute approximate surface area is 78.5 Å². The van der Waals surface area contributed by atoms with Gasteiger partial charge in [-0.15, -0.1) is 11.3 Å². The van der Waals surface area contributed by atoms with E-state index in [1.54, 1.807) is 11.3 Å². The second-order valence-corrected chi connectivity index (χ2v) is 3.26. The summed E-state index contributed by atoms with van der Waals surface area (Å²) in [6.45, 7) is 13.2. The van der Waals surface area contributed by atoms with Crippen LogP contribution in [0.25, 0.3) is 6.08 Å². The van der Waals surface area contributed by atoms with Gasteiger partial charge in [0.15, 0.2) is 0 Å². The monoisotopic (exact) mass is 181 g/mol. The zero-order chi connectivity index (χ0) is 9.56. The van der Waals surface area contributed by atoms with Gasteiger partial charge in [0.05, 0.1) is 10.6 Å². The van der Waals surface area contributed by atoms with Crippen LogP contribution in [0, 0.1) is 6.92 Å². The van der Waals surface area contributed by atoms with Gasteiger partial charge >= 0.3 is 0 Å². The van der Waals surface area contributed by atoms with Gasteiger partial charge in [-0.05, 0) is 25.8 Å². The van der Waals surface area contributed by atoms with E-state index in [-0.39, 0.29) is 0 Å². The van der Waals surface area contributed by atoms with Crippen LogP contribution < -0.4 is 0 Å². The zero-order valence-electron chi connectivity index (χ0n) is 7.92. The molecule has 12 heavy (non-hydrogen) atoms. The molecule has 0 aliphatic rings. The molecule has 0 aliphatic carbocycles. The van der Waals surface area contributed by atoms with Crippen molar-refractivity contribution in [1.82, 2.24) is 0 Å². The predicted molar refractivity (Wildman–Crippen MR) is 59.7 cm³/mol. The fourth-order valence-electron chi connectivity index (χ4n) is 0.789. The third kappa shape index (κ3) is 2.62. The lowest BCUT2D eigenvalue weighted by atomic mass is 10.3. The highest BCUT2D eigenvalue weighted by molar-refractivity contribution is 7.13. The quantitative estimate of drug-likeness (QED) is 0.610. The molecule has 1 aromatic rings. The molecule has 1 aromatic heterocycles. The summed E-state index contributed by atoms with van der Waals surface area (Å²) in [6, 6.07) is 2.01. The van der Waals surface area contributed by atoms with Gasteiger partial charge in [0.25, 0.3) is 0 Å². The highest BCUT2D eigenvalue weighted by atomic mass is 32.1. The van der Waals surface area contributed by atoms with E-state index >= 15 is 0 Å². The fourth-order valence-corrected chi connectivity index (χ4v) is 1.62. The third-order valence-corrected chi connectivity index (χ3v) is 2.25. The first kappa shape index (κ1) is 11.1. The normalized spacial score (nSPS) is 8.25. The van der Waals surface area contributed by atoms with Crippen molar-refractivity contribution in [3.63, 3.8) is 0 Å². The summed E-state index contributed by atoms with van der Waals surface area (Å²) in [5.74, 6) is 0. The van der Waals surface area contributed by atoms with Gasteiger partial charge < -0.3 is 0 Å². The summed E-state index contributed by atoms with van der Waals surface area (Å²) < 4.78 is 0. The van der Waals surface area contributed by atoms with Crippen LogP contribution in [-0.2, 0) is 0 Å². The molecule has 1 rings (SSSR count). The highest BCUT2D eigenvalue weighted by Crippen LogP contribution is 2.29. The summed E-state index contributed by atoms with van der Waals surface area (Å²) >= 11 is 1.69. The van der Waals surface area contributed by atoms with Gasteiger partial charge in [-0.1, -0.05) is 20.4 Å². The molecular formula is C10H15NS. The van der Waals surface area contributed by atoms with E-state index in [0.717, 1.165) is 10.6 Å². The van der Waals surface area contributed by atoms with E-state index in [9.17, 15) is 0 Å². The van der Waals surface area contributed by atoms with Gasteiger partial charge in [-0.3, -0.25) is 4.99 Å². The standard InChI is InChI=1S/C8H9NS.C2H6/c1-4-8-7(9-3)5-6(2)10-8;1-2/h4-5H,1,3H2,2H3;1-2H3. The first-order valence-corrected chi connectivity index (χ1v) is 4.79. The molecule has 0 spiro atoms. The van der Waals surface area contributed by atoms with E-state index < -0.39 is 0 Å².